The number of ether oxygens (including phenoxy) is 3. The molecule has 2 aromatic rings. The zero-order chi connectivity index (χ0) is 20.8. The molecule has 1 N–H and O–H groups in total. The largest absolute Gasteiger partial charge is 0.494 e. The summed E-state index contributed by atoms with van der Waals surface area (Å²) in [5.41, 5.74) is 1.32. The predicted octanol–water partition coefficient (Wildman–Crippen LogP) is 2.89. The molecule has 7 nitrogen and oxygen atoms in total. The number of methoxy groups -OCH3 is 2. The molecule has 0 aliphatic carbocycles. The molecule has 2 aromatic carbocycles. The first-order valence-corrected chi connectivity index (χ1v) is 9.59. The summed E-state index contributed by atoms with van der Waals surface area (Å²) in [7, 11) is 3.07. The lowest BCUT2D eigenvalue weighted by atomic mass is 10.1. The summed E-state index contributed by atoms with van der Waals surface area (Å²) in [5.74, 6) is 1.74. The molecular weight excluding hydrogens is 372 g/mol. The fraction of sp³-hybridized carbons (Fsp3) is 0.364. The highest BCUT2D eigenvalue weighted by molar-refractivity contribution is 5.96. The van der Waals surface area contributed by atoms with Crippen LogP contribution in [0.5, 0.6) is 17.2 Å². The van der Waals surface area contributed by atoms with E-state index in [9.17, 15) is 9.59 Å². The Balaban J connectivity index is 1.58. The average molecular weight is 398 g/mol. The van der Waals surface area contributed by atoms with Gasteiger partial charge in [-0.2, -0.15) is 0 Å². The predicted molar refractivity (Wildman–Crippen MR) is 110 cm³/mol. The van der Waals surface area contributed by atoms with Crippen molar-refractivity contribution in [2.75, 3.05) is 38.8 Å². The van der Waals surface area contributed by atoms with Gasteiger partial charge in [-0.15, -0.1) is 0 Å². The Kier molecular flexibility index (Phi) is 6.59. The molecule has 1 heterocycles. The molecule has 0 spiro atoms. The van der Waals surface area contributed by atoms with Crippen molar-refractivity contribution >= 4 is 17.5 Å². The molecule has 1 aliphatic rings. The highest BCUT2D eigenvalue weighted by Crippen LogP contribution is 2.28. The van der Waals surface area contributed by atoms with Crippen LogP contribution in [0.4, 0.5) is 5.69 Å². The van der Waals surface area contributed by atoms with E-state index in [2.05, 4.69) is 5.32 Å². The summed E-state index contributed by atoms with van der Waals surface area (Å²) < 4.78 is 15.9. The average Bonchev–Trinajstić information content (AvgIpc) is 3.12. The summed E-state index contributed by atoms with van der Waals surface area (Å²) in [6, 6.07) is 12.5. The zero-order valence-electron chi connectivity index (χ0n) is 16.9. The molecule has 154 valence electrons. The van der Waals surface area contributed by atoms with Crippen molar-refractivity contribution in [1.29, 1.82) is 0 Å². The summed E-state index contributed by atoms with van der Waals surface area (Å²) >= 11 is 0. The highest BCUT2D eigenvalue weighted by Gasteiger charge is 2.30. The second-order valence-electron chi connectivity index (χ2n) is 6.78. The molecule has 0 bridgehead atoms. The van der Waals surface area contributed by atoms with Crippen molar-refractivity contribution < 1.29 is 23.8 Å². The highest BCUT2D eigenvalue weighted by atomic mass is 16.5. The maximum atomic E-state index is 12.5. The van der Waals surface area contributed by atoms with E-state index in [1.54, 1.807) is 30.2 Å². The topological polar surface area (TPSA) is 77.1 Å². The van der Waals surface area contributed by atoms with Crippen LogP contribution in [0.1, 0.15) is 23.7 Å². The van der Waals surface area contributed by atoms with Crippen molar-refractivity contribution in [3.05, 3.63) is 48.0 Å². The van der Waals surface area contributed by atoms with E-state index >= 15 is 0 Å². The van der Waals surface area contributed by atoms with Crippen LogP contribution >= 0.6 is 0 Å². The number of benzene rings is 2. The summed E-state index contributed by atoms with van der Waals surface area (Å²) in [6.45, 7) is 3.52. The normalized spacial score (nSPS) is 15.9. The van der Waals surface area contributed by atoms with Crippen molar-refractivity contribution in [2.24, 2.45) is 5.92 Å². The molecule has 1 saturated heterocycles. The fourth-order valence-electron chi connectivity index (χ4n) is 3.37. The van der Waals surface area contributed by atoms with Gasteiger partial charge < -0.3 is 24.4 Å². The molecule has 0 radical (unpaired) electrons. The van der Waals surface area contributed by atoms with Crippen LogP contribution in [0.25, 0.3) is 0 Å². The van der Waals surface area contributed by atoms with E-state index in [0.717, 1.165) is 11.4 Å². The Labute approximate surface area is 170 Å². The number of carbonyl (C=O) groups excluding carboxylic acids is 2. The maximum Gasteiger partial charge on any atom is 0.251 e. The van der Waals surface area contributed by atoms with Crippen molar-refractivity contribution in [3.8, 4) is 17.2 Å². The Morgan fingerprint density at radius 1 is 1.10 bits per heavy atom. The van der Waals surface area contributed by atoms with Crippen LogP contribution < -0.4 is 24.4 Å². The van der Waals surface area contributed by atoms with Gasteiger partial charge in [0, 0.05) is 36.7 Å². The third kappa shape index (κ3) is 4.80. The van der Waals surface area contributed by atoms with E-state index in [-0.39, 0.29) is 17.7 Å². The monoisotopic (exact) mass is 398 g/mol. The molecule has 2 amide bonds. The van der Waals surface area contributed by atoms with Crippen molar-refractivity contribution in [3.63, 3.8) is 0 Å². The Morgan fingerprint density at radius 2 is 1.83 bits per heavy atom. The first-order valence-electron chi connectivity index (χ1n) is 9.59. The molecule has 3 rings (SSSR count). The minimum absolute atomic E-state index is 0.0539. The van der Waals surface area contributed by atoms with Gasteiger partial charge in [0.25, 0.3) is 5.91 Å². The third-order valence-corrected chi connectivity index (χ3v) is 4.86. The lowest BCUT2D eigenvalue weighted by molar-refractivity contribution is -0.117. The molecule has 0 saturated carbocycles. The van der Waals surface area contributed by atoms with Crippen LogP contribution in [0.2, 0.25) is 0 Å². The van der Waals surface area contributed by atoms with Crippen molar-refractivity contribution in [2.45, 2.75) is 13.3 Å². The fourth-order valence-corrected chi connectivity index (χ4v) is 3.37. The Hall–Kier alpha value is -3.22. The van der Waals surface area contributed by atoms with Gasteiger partial charge in [-0.05, 0) is 49.4 Å². The summed E-state index contributed by atoms with van der Waals surface area (Å²) in [5, 5.41) is 2.91. The van der Waals surface area contributed by atoms with E-state index < -0.39 is 0 Å². The number of anilines is 1. The first-order chi connectivity index (χ1) is 14.0. The number of nitrogens with one attached hydrogen (secondary N) is 1. The number of rotatable bonds is 8. The van der Waals surface area contributed by atoms with Gasteiger partial charge in [-0.3, -0.25) is 9.59 Å². The van der Waals surface area contributed by atoms with E-state index in [4.69, 9.17) is 14.2 Å². The number of hydrogen-bond acceptors (Lipinski definition) is 5. The minimum Gasteiger partial charge on any atom is -0.494 e. The van der Waals surface area contributed by atoms with Crippen LogP contribution in [-0.4, -0.2) is 45.7 Å². The van der Waals surface area contributed by atoms with Gasteiger partial charge in [-0.1, -0.05) is 0 Å². The van der Waals surface area contributed by atoms with Gasteiger partial charge in [0.1, 0.15) is 5.75 Å². The summed E-state index contributed by atoms with van der Waals surface area (Å²) in [6.07, 6.45) is 0.402. The smallest absolute Gasteiger partial charge is 0.251 e. The van der Waals surface area contributed by atoms with Crippen LogP contribution in [0.3, 0.4) is 0 Å². The number of hydrogen-bond donors (Lipinski definition) is 1. The van der Waals surface area contributed by atoms with Crippen LogP contribution in [0, 0.1) is 5.92 Å². The van der Waals surface area contributed by atoms with Gasteiger partial charge in [0.15, 0.2) is 11.5 Å². The molecule has 1 fully saturated rings. The molecule has 1 atom stereocenters. The quantitative estimate of drug-likeness (QED) is 0.740. The molecule has 1 aliphatic heterocycles. The van der Waals surface area contributed by atoms with Gasteiger partial charge in [-0.25, -0.2) is 0 Å². The van der Waals surface area contributed by atoms with E-state index in [1.165, 1.54) is 7.11 Å². The lowest BCUT2D eigenvalue weighted by Gasteiger charge is -2.17. The standard InChI is InChI=1S/C22H26N2O5/c1-4-29-18-8-6-17(7-9-18)24-14-15(11-21(24)25)13-23-22(26)16-5-10-19(27-2)20(12-16)28-3/h5-10,12,15H,4,11,13-14H2,1-3H3,(H,23,26). The SMILES string of the molecule is CCOc1ccc(N2CC(CNC(=O)c3ccc(OC)c(OC)c3)CC2=O)cc1. The van der Waals surface area contributed by atoms with Crippen LogP contribution in [-0.2, 0) is 4.79 Å². The first kappa shape index (κ1) is 20.5. The second-order valence-corrected chi connectivity index (χ2v) is 6.78. The van der Waals surface area contributed by atoms with Crippen molar-refractivity contribution in [1.82, 2.24) is 5.32 Å². The molecule has 0 aromatic heterocycles. The Bertz CT molecular complexity index is 866. The zero-order valence-corrected chi connectivity index (χ0v) is 16.9. The van der Waals surface area contributed by atoms with E-state index in [1.807, 2.05) is 31.2 Å². The lowest BCUT2D eigenvalue weighted by Crippen LogP contribution is -2.31. The van der Waals surface area contributed by atoms with E-state index in [0.29, 0.717) is 43.2 Å². The molecule has 29 heavy (non-hydrogen) atoms. The summed E-state index contributed by atoms with van der Waals surface area (Å²) in [4.78, 5) is 26.7. The number of carbonyl (C=O) groups is 2. The molecular formula is C22H26N2O5. The molecule has 7 heteroatoms. The van der Waals surface area contributed by atoms with Gasteiger partial charge >= 0.3 is 0 Å². The minimum atomic E-state index is -0.210. The molecule has 1 unspecified atom stereocenters. The van der Waals surface area contributed by atoms with Gasteiger partial charge in [0.2, 0.25) is 5.91 Å². The number of amides is 2. The van der Waals surface area contributed by atoms with Crippen LogP contribution in [0.15, 0.2) is 42.5 Å². The second kappa shape index (κ2) is 9.32. The number of nitrogens with zero attached hydrogens (tertiary/aromatic N) is 1. The third-order valence-electron chi connectivity index (χ3n) is 4.86. The Morgan fingerprint density at radius 3 is 2.48 bits per heavy atom. The maximum absolute atomic E-state index is 12.5. The van der Waals surface area contributed by atoms with Gasteiger partial charge in [0.05, 0.1) is 20.8 Å².